The number of carbonyl (C=O) groups excluding carboxylic acids is 1. The summed E-state index contributed by atoms with van der Waals surface area (Å²) >= 11 is 3.53. The molecule has 1 fully saturated rings. The third-order valence-electron chi connectivity index (χ3n) is 6.05. The predicted molar refractivity (Wildman–Crippen MR) is 138 cm³/mol. The third-order valence-corrected chi connectivity index (χ3v) is 6.55. The molecule has 1 aliphatic rings. The van der Waals surface area contributed by atoms with E-state index in [1.807, 2.05) is 60.7 Å². The molecule has 0 saturated carbocycles. The molecule has 1 aromatic heterocycles. The first kappa shape index (κ1) is 23.4. The van der Waals surface area contributed by atoms with Crippen LogP contribution in [0.2, 0.25) is 0 Å². The Bertz CT molecular complexity index is 1180. The number of aromatic nitrogens is 1. The number of rotatable bonds is 6. The number of methoxy groups -OCH3 is 1. The quantitative estimate of drug-likeness (QED) is 0.541. The lowest BCUT2D eigenvalue weighted by Gasteiger charge is -2.37. The first-order valence-electron chi connectivity index (χ1n) is 11.0. The lowest BCUT2D eigenvalue weighted by Crippen LogP contribution is -2.54. The fourth-order valence-corrected chi connectivity index (χ4v) is 4.41. The molecule has 33 heavy (non-hydrogen) atoms. The summed E-state index contributed by atoms with van der Waals surface area (Å²) in [5.74, 6) is 0.713. The number of fused-ring (bicyclic) bond motifs is 1. The zero-order valence-corrected chi connectivity index (χ0v) is 20.8. The van der Waals surface area contributed by atoms with Crippen LogP contribution in [0.3, 0.4) is 0 Å². The van der Waals surface area contributed by atoms with Gasteiger partial charge >= 0.3 is 0 Å². The SMILES string of the molecule is COc1cccc(/C=C/c2cc(C(=O)NCC3CN(C)CCN3C)c3cc(Br)ccc3n2)c1. The number of nitrogens with one attached hydrogen (secondary N) is 1. The van der Waals surface area contributed by atoms with Crippen molar-refractivity contribution >= 4 is 44.9 Å². The van der Waals surface area contributed by atoms with Gasteiger partial charge in [-0.15, -0.1) is 0 Å². The van der Waals surface area contributed by atoms with Crippen molar-refractivity contribution in [1.29, 1.82) is 0 Å². The van der Waals surface area contributed by atoms with E-state index in [1.54, 1.807) is 7.11 Å². The predicted octanol–water partition coefficient (Wildman–Crippen LogP) is 4.15. The van der Waals surface area contributed by atoms with E-state index in [4.69, 9.17) is 9.72 Å². The minimum absolute atomic E-state index is 0.0850. The molecule has 0 bridgehead atoms. The number of benzene rings is 2. The van der Waals surface area contributed by atoms with Gasteiger partial charge in [0.05, 0.1) is 23.9 Å². The highest BCUT2D eigenvalue weighted by atomic mass is 79.9. The fourth-order valence-electron chi connectivity index (χ4n) is 4.05. The van der Waals surface area contributed by atoms with Crippen LogP contribution < -0.4 is 10.1 Å². The summed E-state index contributed by atoms with van der Waals surface area (Å²) in [6, 6.07) is 15.8. The van der Waals surface area contributed by atoms with Crippen molar-refractivity contribution in [3.05, 3.63) is 69.8 Å². The van der Waals surface area contributed by atoms with E-state index in [9.17, 15) is 4.79 Å². The van der Waals surface area contributed by atoms with Gasteiger partial charge in [-0.1, -0.05) is 34.1 Å². The normalized spacial score (nSPS) is 17.5. The Morgan fingerprint density at radius 1 is 1.18 bits per heavy atom. The van der Waals surface area contributed by atoms with Gasteiger partial charge in [0.1, 0.15) is 5.75 Å². The van der Waals surface area contributed by atoms with Crippen LogP contribution in [0.1, 0.15) is 21.6 Å². The Kier molecular flexibility index (Phi) is 7.42. The molecule has 2 aromatic carbocycles. The minimum atomic E-state index is -0.0850. The molecule has 1 unspecified atom stereocenters. The van der Waals surface area contributed by atoms with Crippen molar-refractivity contribution in [3.8, 4) is 5.75 Å². The van der Waals surface area contributed by atoms with Crippen LogP contribution in [-0.4, -0.2) is 74.1 Å². The number of piperazine rings is 1. The summed E-state index contributed by atoms with van der Waals surface area (Å²) in [6.07, 6.45) is 3.90. The van der Waals surface area contributed by atoms with E-state index in [0.29, 0.717) is 18.2 Å². The maximum atomic E-state index is 13.3. The van der Waals surface area contributed by atoms with Gasteiger partial charge in [-0.3, -0.25) is 9.69 Å². The minimum Gasteiger partial charge on any atom is -0.497 e. The van der Waals surface area contributed by atoms with E-state index in [1.165, 1.54) is 0 Å². The van der Waals surface area contributed by atoms with E-state index < -0.39 is 0 Å². The number of nitrogens with zero attached hydrogens (tertiary/aromatic N) is 3. The Hall–Kier alpha value is -2.74. The molecule has 1 N–H and O–H groups in total. The van der Waals surface area contributed by atoms with E-state index in [-0.39, 0.29) is 5.91 Å². The van der Waals surface area contributed by atoms with Crippen molar-refractivity contribution in [1.82, 2.24) is 20.1 Å². The number of hydrogen-bond donors (Lipinski definition) is 1. The first-order chi connectivity index (χ1) is 15.9. The van der Waals surface area contributed by atoms with E-state index >= 15 is 0 Å². The van der Waals surface area contributed by atoms with Crippen molar-refractivity contribution in [2.45, 2.75) is 6.04 Å². The maximum absolute atomic E-state index is 13.3. The van der Waals surface area contributed by atoms with Gasteiger partial charge in [-0.25, -0.2) is 4.98 Å². The molecule has 0 aliphatic carbocycles. The zero-order chi connectivity index (χ0) is 23.4. The van der Waals surface area contributed by atoms with Crippen LogP contribution in [0.4, 0.5) is 0 Å². The number of carbonyl (C=O) groups is 1. The van der Waals surface area contributed by atoms with Crippen LogP contribution in [-0.2, 0) is 0 Å². The topological polar surface area (TPSA) is 57.7 Å². The highest BCUT2D eigenvalue weighted by Gasteiger charge is 2.23. The summed E-state index contributed by atoms with van der Waals surface area (Å²) in [6.45, 7) is 3.59. The molecular formula is C26H29BrN4O2. The molecule has 3 aromatic rings. The molecule has 0 radical (unpaired) electrons. The summed E-state index contributed by atoms with van der Waals surface area (Å²) < 4.78 is 6.22. The number of pyridine rings is 1. The van der Waals surface area contributed by atoms with Crippen molar-refractivity contribution in [2.24, 2.45) is 0 Å². The first-order valence-corrected chi connectivity index (χ1v) is 11.8. The molecule has 2 heterocycles. The van der Waals surface area contributed by atoms with Gasteiger partial charge in [0.25, 0.3) is 5.91 Å². The summed E-state index contributed by atoms with van der Waals surface area (Å²) in [4.78, 5) is 22.7. The second kappa shape index (κ2) is 10.5. The Labute approximate surface area is 203 Å². The Balaban J connectivity index is 1.61. The largest absolute Gasteiger partial charge is 0.497 e. The van der Waals surface area contributed by atoms with Crippen molar-refractivity contribution < 1.29 is 9.53 Å². The van der Waals surface area contributed by atoms with Crippen LogP contribution in [0.25, 0.3) is 23.1 Å². The molecule has 1 amide bonds. The van der Waals surface area contributed by atoms with Gasteiger partial charge in [0.2, 0.25) is 0 Å². The molecule has 1 atom stereocenters. The summed E-state index contributed by atoms with van der Waals surface area (Å²) in [5, 5.41) is 3.98. The molecule has 172 valence electrons. The second-order valence-corrected chi connectivity index (χ2v) is 9.39. The molecule has 4 rings (SSSR count). The Morgan fingerprint density at radius 2 is 2.03 bits per heavy atom. The summed E-state index contributed by atoms with van der Waals surface area (Å²) in [7, 11) is 5.89. The molecule has 1 aliphatic heterocycles. The molecule has 6 nitrogen and oxygen atoms in total. The molecule has 7 heteroatoms. The number of likely N-dealkylation sites (N-methyl/N-ethyl adjacent to an activating group) is 2. The standard InChI is InChI=1S/C26H29BrN4O2/c1-30-11-12-31(2)21(17-30)16-28-26(32)24-15-20(29-25-10-8-19(27)14-23(24)25)9-7-18-5-4-6-22(13-18)33-3/h4-10,13-15,21H,11-12,16-17H2,1-3H3,(H,28,32)/b9-7+. The molecule has 0 spiro atoms. The third kappa shape index (κ3) is 5.79. The highest BCUT2D eigenvalue weighted by molar-refractivity contribution is 9.10. The van der Waals surface area contributed by atoms with Crippen LogP contribution in [0, 0.1) is 0 Å². The van der Waals surface area contributed by atoms with Crippen LogP contribution in [0.5, 0.6) is 5.75 Å². The lowest BCUT2D eigenvalue weighted by atomic mass is 10.1. The van der Waals surface area contributed by atoms with Gasteiger partial charge in [0, 0.05) is 42.1 Å². The van der Waals surface area contributed by atoms with Gasteiger partial charge in [-0.05, 0) is 62.1 Å². The number of halogens is 1. The van der Waals surface area contributed by atoms with E-state index in [0.717, 1.165) is 52.0 Å². The maximum Gasteiger partial charge on any atom is 0.252 e. The van der Waals surface area contributed by atoms with Gasteiger partial charge < -0.3 is 15.0 Å². The van der Waals surface area contributed by atoms with Gasteiger partial charge in [0.15, 0.2) is 0 Å². The number of ether oxygens (including phenoxy) is 1. The summed E-state index contributed by atoms with van der Waals surface area (Å²) in [5.41, 5.74) is 3.14. The van der Waals surface area contributed by atoms with Crippen LogP contribution in [0.15, 0.2) is 53.0 Å². The number of hydrogen-bond acceptors (Lipinski definition) is 5. The van der Waals surface area contributed by atoms with Gasteiger partial charge in [-0.2, -0.15) is 0 Å². The Morgan fingerprint density at radius 3 is 2.85 bits per heavy atom. The van der Waals surface area contributed by atoms with Crippen molar-refractivity contribution in [2.75, 3.05) is 47.4 Å². The fraction of sp³-hybridized carbons (Fsp3) is 0.308. The molecular weight excluding hydrogens is 480 g/mol. The highest BCUT2D eigenvalue weighted by Crippen LogP contribution is 2.24. The average Bonchev–Trinajstić information content (AvgIpc) is 2.82. The zero-order valence-electron chi connectivity index (χ0n) is 19.2. The monoisotopic (exact) mass is 508 g/mol. The smallest absolute Gasteiger partial charge is 0.252 e. The average molecular weight is 509 g/mol. The molecule has 1 saturated heterocycles. The second-order valence-electron chi connectivity index (χ2n) is 8.47. The lowest BCUT2D eigenvalue weighted by molar-refractivity contribution is 0.0882. The van der Waals surface area contributed by atoms with Crippen LogP contribution >= 0.6 is 15.9 Å². The van der Waals surface area contributed by atoms with Crippen molar-refractivity contribution in [3.63, 3.8) is 0 Å². The van der Waals surface area contributed by atoms with E-state index in [2.05, 4.69) is 45.1 Å². The number of amides is 1.